The number of piperidine rings is 2. The third kappa shape index (κ3) is 2.65. The molecule has 0 spiro atoms. The minimum Gasteiger partial charge on any atom is -0.392 e. The summed E-state index contributed by atoms with van der Waals surface area (Å²) in [4.78, 5) is 9.27. The number of hydrogen-bond donors (Lipinski definition) is 1. The highest BCUT2D eigenvalue weighted by atomic mass is 35.5. The van der Waals surface area contributed by atoms with E-state index in [1.54, 1.807) is 6.20 Å². The van der Waals surface area contributed by atoms with E-state index in [0.717, 1.165) is 36.4 Å². The zero-order chi connectivity index (χ0) is 14.1. The van der Waals surface area contributed by atoms with E-state index in [2.05, 4.69) is 21.8 Å². The van der Waals surface area contributed by atoms with Crippen molar-refractivity contribution in [2.75, 3.05) is 31.6 Å². The van der Waals surface area contributed by atoms with Gasteiger partial charge in [-0.2, -0.15) is 0 Å². The number of pyridine rings is 1. The first kappa shape index (κ1) is 14.1. The molecular weight excluding hydrogens is 274 g/mol. The maximum absolute atomic E-state index is 9.13. The van der Waals surface area contributed by atoms with Gasteiger partial charge in [0.25, 0.3) is 0 Å². The fourth-order valence-corrected chi connectivity index (χ4v) is 3.94. The second-order valence-corrected chi connectivity index (χ2v) is 6.40. The molecule has 0 radical (unpaired) electrons. The van der Waals surface area contributed by atoms with E-state index in [4.69, 9.17) is 16.7 Å². The normalized spacial score (nSPS) is 27.4. The van der Waals surface area contributed by atoms with Gasteiger partial charge in [-0.1, -0.05) is 11.6 Å². The van der Waals surface area contributed by atoms with Crippen molar-refractivity contribution < 1.29 is 5.11 Å². The smallest absolute Gasteiger partial charge is 0.147 e. The number of aliphatic hydroxyl groups is 1. The number of fused-ring (bicyclic) bond motifs is 1. The average molecular weight is 296 g/mol. The monoisotopic (exact) mass is 295 g/mol. The maximum Gasteiger partial charge on any atom is 0.147 e. The lowest BCUT2D eigenvalue weighted by molar-refractivity contribution is 0.102. The number of hydrogen-bond acceptors (Lipinski definition) is 4. The molecule has 2 saturated heterocycles. The molecule has 0 saturated carbocycles. The highest BCUT2D eigenvalue weighted by Gasteiger charge is 2.35. The van der Waals surface area contributed by atoms with Crippen LogP contribution in [0.1, 0.15) is 24.8 Å². The van der Waals surface area contributed by atoms with Crippen LogP contribution in [0, 0.1) is 5.92 Å². The van der Waals surface area contributed by atoms with Crippen molar-refractivity contribution >= 4 is 17.4 Å². The third-order valence-electron chi connectivity index (χ3n) is 4.71. The molecule has 0 amide bonds. The van der Waals surface area contributed by atoms with Gasteiger partial charge in [0.2, 0.25) is 0 Å². The lowest BCUT2D eigenvalue weighted by Gasteiger charge is -2.46. The zero-order valence-corrected chi connectivity index (χ0v) is 12.7. The molecule has 0 aliphatic carbocycles. The van der Waals surface area contributed by atoms with Crippen LogP contribution >= 0.6 is 11.6 Å². The van der Waals surface area contributed by atoms with Crippen molar-refractivity contribution in [3.63, 3.8) is 0 Å². The van der Waals surface area contributed by atoms with Crippen molar-refractivity contribution in [3.05, 3.63) is 22.8 Å². The van der Waals surface area contributed by atoms with Crippen LogP contribution in [0.5, 0.6) is 0 Å². The van der Waals surface area contributed by atoms with Gasteiger partial charge in [0, 0.05) is 25.3 Å². The van der Waals surface area contributed by atoms with Gasteiger partial charge >= 0.3 is 0 Å². The van der Waals surface area contributed by atoms with Crippen molar-refractivity contribution in [1.82, 2.24) is 9.88 Å². The third-order valence-corrected chi connectivity index (χ3v) is 4.98. The highest BCUT2D eigenvalue weighted by Crippen LogP contribution is 2.33. The second-order valence-electron chi connectivity index (χ2n) is 5.99. The second kappa shape index (κ2) is 5.88. The van der Waals surface area contributed by atoms with Crippen LogP contribution in [0.25, 0.3) is 0 Å². The van der Waals surface area contributed by atoms with Gasteiger partial charge in [-0.05, 0) is 50.4 Å². The summed E-state index contributed by atoms with van der Waals surface area (Å²) in [5, 5.41) is 9.78. The Morgan fingerprint density at radius 1 is 1.40 bits per heavy atom. The number of rotatable bonds is 2. The van der Waals surface area contributed by atoms with Crippen LogP contribution in [0.4, 0.5) is 5.82 Å². The Hall–Kier alpha value is -0.840. The minimum absolute atomic E-state index is 0.0114. The van der Waals surface area contributed by atoms with Crippen LogP contribution in [-0.2, 0) is 6.61 Å². The van der Waals surface area contributed by atoms with E-state index in [1.807, 2.05) is 6.07 Å². The summed E-state index contributed by atoms with van der Waals surface area (Å²) >= 11 is 6.32. The summed E-state index contributed by atoms with van der Waals surface area (Å²) < 4.78 is 0. The van der Waals surface area contributed by atoms with Crippen LogP contribution in [0.3, 0.4) is 0 Å². The molecule has 4 nitrogen and oxygen atoms in total. The van der Waals surface area contributed by atoms with E-state index in [-0.39, 0.29) is 6.61 Å². The van der Waals surface area contributed by atoms with E-state index in [9.17, 15) is 0 Å². The number of nitrogens with zero attached hydrogens (tertiary/aromatic N) is 3. The summed E-state index contributed by atoms with van der Waals surface area (Å²) in [5.41, 5.74) is 0.769. The number of anilines is 1. The van der Waals surface area contributed by atoms with Gasteiger partial charge in [0.15, 0.2) is 0 Å². The quantitative estimate of drug-likeness (QED) is 0.907. The Balaban J connectivity index is 1.76. The molecule has 0 bridgehead atoms. The SMILES string of the molecule is CN1CCCC2CN(c3ncc(CO)cc3Cl)CCC21. The molecule has 3 rings (SSSR count). The van der Waals surface area contributed by atoms with Crippen molar-refractivity contribution in [2.45, 2.75) is 31.9 Å². The fourth-order valence-electron chi connectivity index (χ4n) is 3.63. The van der Waals surface area contributed by atoms with Crippen LogP contribution in [0.15, 0.2) is 12.3 Å². The summed E-state index contributed by atoms with van der Waals surface area (Å²) in [7, 11) is 2.24. The Morgan fingerprint density at radius 2 is 2.25 bits per heavy atom. The lowest BCUT2D eigenvalue weighted by atomic mass is 9.84. The Morgan fingerprint density at radius 3 is 3.00 bits per heavy atom. The molecule has 2 fully saturated rings. The Kier molecular flexibility index (Phi) is 4.15. The van der Waals surface area contributed by atoms with Crippen LogP contribution in [0.2, 0.25) is 5.02 Å². The summed E-state index contributed by atoms with van der Waals surface area (Å²) in [5.74, 6) is 1.59. The van der Waals surface area contributed by atoms with Crippen molar-refractivity contribution in [3.8, 4) is 0 Å². The lowest BCUT2D eigenvalue weighted by Crippen LogP contribution is -2.53. The van der Waals surface area contributed by atoms with E-state index in [0.29, 0.717) is 5.02 Å². The van der Waals surface area contributed by atoms with Crippen molar-refractivity contribution in [2.24, 2.45) is 5.92 Å². The van der Waals surface area contributed by atoms with Gasteiger partial charge in [0.1, 0.15) is 5.82 Å². The Labute approximate surface area is 125 Å². The number of aromatic nitrogens is 1. The first-order valence-corrected chi connectivity index (χ1v) is 7.77. The van der Waals surface area contributed by atoms with Crippen LogP contribution < -0.4 is 4.90 Å². The summed E-state index contributed by atoms with van der Waals surface area (Å²) in [6, 6.07) is 2.54. The molecule has 1 aromatic rings. The first-order chi connectivity index (χ1) is 9.69. The highest BCUT2D eigenvalue weighted by molar-refractivity contribution is 6.33. The molecule has 1 aromatic heterocycles. The summed E-state index contributed by atoms with van der Waals surface area (Å²) in [6.07, 6.45) is 5.50. The fraction of sp³-hybridized carbons (Fsp3) is 0.667. The van der Waals surface area contributed by atoms with Gasteiger partial charge < -0.3 is 14.9 Å². The predicted octanol–water partition coefficient (Wildman–Crippen LogP) is 2.15. The summed E-state index contributed by atoms with van der Waals surface area (Å²) in [6.45, 7) is 3.27. The molecule has 5 heteroatoms. The average Bonchev–Trinajstić information content (AvgIpc) is 2.47. The minimum atomic E-state index is -0.0114. The van der Waals surface area contributed by atoms with Crippen molar-refractivity contribution in [1.29, 1.82) is 0 Å². The molecular formula is C15H22ClN3O. The Bertz CT molecular complexity index is 482. The van der Waals surface area contributed by atoms with Gasteiger partial charge in [0.05, 0.1) is 11.6 Å². The molecule has 20 heavy (non-hydrogen) atoms. The molecule has 110 valence electrons. The maximum atomic E-state index is 9.13. The van der Waals surface area contributed by atoms with E-state index in [1.165, 1.54) is 25.8 Å². The van der Waals surface area contributed by atoms with Gasteiger partial charge in [-0.15, -0.1) is 0 Å². The molecule has 1 N–H and O–H groups in total. The first-order valence-electron chi connectivity index (χ1n) is 7.39. The number of halogens is 1. The molecule has 0 aromatic carbocycles. The van der Waals surface area contributed by atoms with Gasteiger partial charge in [-0.25, -0.2) is 4.98 Å². The number of aliphatic hydroxyl groups excluding tert-OH is 1. The molecule has 2 aliphatic heterocycles. The van der Waals surface area contributed by atoms with Gasteiger partial charge in [-0.3, -0.25) is 0 Å². The van der Waals surface area contributed by atoms with E-state index >= 15 is 0 Å². The standard InChI is InChI=1S/C15H22ClN3O/c1-18-5-2-3-12-9-19(6-4-14(12)18)15-13(16)7-11(10-20)8-17-15/h7-8,12,14,20H,2-6,9-10H2,1H3. The molecule has 3 heterocycles. The zero-order valence-electron chi connectivity index (χ0n) is 11.9. The molecule has 2 aliphatic rings. The topological polar surface area (TPSA) is 39.6 Å². The molecule has 2 atom stereocenters. The largest absolute Gasteiger partial charge is 0.392 e. The number of likely N-dealkylation sites (tertiary alicyclic amines) is 1. The van der Waals surface area contributed by atoms with E-state index < -0.39 is 0 Å². The predicted molar refractivity (Wildman–Crippen MR) is 81.1 cm³/mol. The molecule has 2 unspecified atom stereocenters. The van der Waals surface area contributed by atoms with Crippen LogP contribution in [-0.4, -0.2) is 47.7 Å².